The lowest BCUT2D eigenvalue weighted by Crippen LogP contribution is -2.50. The molecule has 0 aliphatic carbocycles. The summed E-state index contributed by atoms with van der Waals surface area (Å²) in [5, 5.41) is 11.9. The lowest BCUT2D eigenvalue weighted by molar-refractivity contribution is -0.139. The van der Waals surface area contributed by atoms with Crippen molar-refractivity contribution in [2.24, 2.45) is 0 Å². The molecule has 2 N–H and O–H groups in total. The number of carbonyl (C=O) groups excluding carboxylic acids is 1. The molecule has 0 aromatic heterocycles. The van der Waals surface area contributed by atoms with Gasteiger partial charge in [0, 0.05) is 45.8 Å². The van der Waals surface area contributed by atoms with Crippen LogP contribution in [0.5, 0.6) is 0 Å². The van der Waals surface area contributed by atoms with Gasteiger partial charge in [0.1, 0.15) is 0 Å². The molecule has 20 heavy (non-hydrogen) atoms. The topological polar surface area (TPSA) is 82.1 Å². The lowest BCUT2D eigenvalue weighted by Gasteiger charge is -2.35. The molecule has 7 heteroatoms. The second-order valence-electron chi connectivity index (χ2n) is 5.27. The van der Waals surface area contributed by atoms with Crippen LogP contribution in [0.4, 0.5) is 0 Å². The number of ether oxygens (including phenoxy) is 1. The Bertz CT molecular complexity index is 337. The minimum Gasteiger partial charge on any atom is -0.481 e. The van der Waals surface area contributed by atoms with Gasteiger partial charge in [-0.1, -0.05) is 0 Å². The van der Waals surface area contributed by atoms with Gasteiger partial charge in [-0.05, 0) is 0 Å². The molecule has 2 fully saturated rings. The largest absolute Gasteiger partial charge is 0.481 e. The number of hydrogen-bond donors (Lipinski definition) is 2. The summed E-state index contributed by atoms with van der Waals surface area (Å²) in [6.07, 6.45) is 0.582. The van der Waals surface area contributed by atoms with Gasteiger partial charge in [0.25, 0.3) is 0 Å². The van der Waals surface area contributed by atoms with Gasteiger partial charge in [0.15, 0.2) is 0 Å². The SMILES string of the molecule is O=C(O)CCN1CCN(C(=O)CC2CNCCO2)CC1. The standard InChI is InChI=1S/C13H23N3O4/c17-12(9-11-10-14-2-8-20-11)16-6-4-15(5-7-16)3-1-13(18)19/h11,14H,1-10H2,(H,18,19). The number of hydrogen-bond acceptors (Lipinski definition) is 5. The average Bonchev–Trinajstić information content (AvgIpc) is 2.46. The van der Waals surface area contributed by atoms with Crippen LogP contribution in [0.25, 0.3) is 0 Å². The molecule has 2 heterocycles. The van der Waals surface area contributed by atoms with E-state index in [1.165, 1.54) is 0 Å². The van der Waals surface area contributed by atoms with Crippen molar-refractivity contribution >= 4 is 11.9 Å². The van der Waals surface area contributed by atoms with E-state index in [0.29, 0.717) is 32.7 Å². The van der Waals surface area contributed by atoms with E-state index in [1.807, 2.05) is 4.90 Å². The number of aliphatic carboxylic acids is 1. The number of nitrogens with zero attached hydrogens (tertiary/aromatic N) is 2. The van der Waals surface area contributed by atoms with Gasteiger partial charge in [-0.15, -0.1) is 0 Å². The van der Waals surface area contributed by atoms with Crippen molar-refractivity contribution < 1.29 is 19.4 Å². The highest BCUT2D eigenvalue weighted by Crippen LogP contribution is 2.08. The van der Waals surface area contributed by atoms with Crippen molar-refractivity contribution in [2.45, 2.75) is 18.9 Å². The molecule has 0 spiro atoms. The molecule has 0 radical (unpaired) electrons. The van der Waals surface area contributed by atoms with Crippen LogP contribution in [0, 0.1) is 0 Å². The number of morpholine rings is 1. The second-order valence-corrected chi connectivity index (χ2v) is 5.27. The number of rotatable bonds is 5. The average molecular weight is 285 g/mol. The third kappa shape index (κ3) is 4.73. The number of piperazine rings is 1. The summed E-state index contributed by atoms with van der Waals surface area (Å²) in [6, 6.07) is 0. The molecule has 2 aliphatic heterocycles. The van der Waals surface area contributed by atoms with Crippen LogP contribution in [0.2, 0.25) is 0 Å². The number of amides is 1. The van der Waals surface area contributed by atoms with E-state index >= 15 is 0 Å². The van der Waals surface area contributed by atoms with Crippen LogP contribution in [-0.2, 0) is 14.3 Å². The highest BCUT2D eigenvalue weighted by Gasteiger charge is 2.24. The molecule has 2 saturated heterocycles. The van der Waals surface area contributed by atoms with E-state index in [9.17, 15) is 9.59 Å². The summed E-state index contributed by atoms with van der Waals surface area (Å²) in [5.41, 5.74) is 0. The Hall–Kier alpha value is -1.18. The summed E-state index contributed by atoms with van der Waals surface area (Å²) < 4.78 is 5.54. The minimum atomic E-state index is -0.773. The van der Waals surface area contributed by atoms with Crippen molar-refractivity contribution in [1.82, 2.24) is 15.1 Å². The van der Waals surface area contributed by atoms with E-state index in [-0.39, 0.29) is 18.4 Å². The van der Waals surface area contributed by atoms with Crippen LogP contribution in [0.3, 0.4) is 0 Å². The zero-order valence-electron chi connectivity index (χ0n) is 11.7. The Labute approximate surface area is 118 Å². The predicted molar refractivity (Wildman–Crippen MR) is 72.5 cm³/mol. The van der Waals surface area contributed by atoms with E-state index in [0.717, 1.165) is 26.2 Å². The number of nitrogens with one attached hydrogen (secondary N) is 1. The number of carbonyl (C=O) groups is 2. The smallest absolute Gasteiger partial charge is 0.304 e. The highest BCUT2D eigenvalue weighted by atomic mass is 16.5. The predicted octanol–water partition coefficient (Wildman–Crippen LogP) is -1.02. The Morgan fingerprint density at radius 3 is 2.60 bits per heavy atom. The molecule has 0 aromatic rings. The van der Waals surface area contributed by atoms with Crippen LogP contribution < -0.4 is 5.32 Å². The first-order chi connectivity index (χ1) is 9.65. The second kappa shape index (κ2) is 7.56. The van der Waals surface area contributed by atoms with E-state index in [4.69, 9.17) is 9.84 Å². The third-order valence-corrected chi connectivity index (χ3v) is 3.77. The van der Waals surface area contributed by atoms with Crippen molar-refractivity contribution in [1.29, 1.82) is 0 Å². The van der Waals surface area contributed by atoms with Crippen LogP contribution >= 0.6 is 0 Å². The normalized spacial score (nSPS) is 24.6. The van der Waals surface area contributed by atoms with Crippen molar-refractivity contribution in [3.8, 4) is 0 Å². The van der Waals surface area contributed by atoms with Crippen LogP contribution in [0.1, 0.15) is 12.8 Å². The molecular formula is C13H23N3O4. The molecule has 0 aromatic carbocycles. The van der Waals surface area contributed by atoms with Crippen molar-refractivity contribution in [3.05, 3.63) is 0 Å². The molecule has 1 amide bonds. The molecule has 1 unspecified atom stereocenters. The summed E-state index contributed by atoms with van der Waals surface area (Å²) in [4.78, 5) is 26.6. The maximum Gasteiger partial charge on any atom is 0.304 e. The van der Waals surface area contributed by atoms with Gasteiger partial charge in [-0.25, -0.2) is 0 Å². The summed E-state index contributed by atoms with van der Waals surface area (Å²) >= 11 is 0. The maximum absolute atomic E-state index is 12.1. The van der Waals surface area contributed by atoms with E-state index in [2.05, 4.69) is 10.2 Å². The molecule has 0 bridgehead atoms. The molecule has 1 atom stereocenters. The Kier molecular flexibility index (Phi) is 5.75. The van der Waals surface area contributed by atoms with Gasteiger partial charge in [-0.2, -0.15) is 0 Å². The van der Waals surface area contributed by atoms with E-state index < -0.39 is 5.97 Å². The van der Waals surface area contributed by atoms with Crippen LogP contribution in [0.15, 0.2) is 0 Å². The summed E-state index contributed by atoms with van der Waals surface area (Å²) in [7, 11) is 0. The Balaban J connectivity index is 1.67. The zero-order chi connectivity index (χ0) is 14.4. The van der Waals surface area contributed by atoms with Gasteiger partial charge >= 0.3 is 5.97 Å². The molecule has 7 nitrogen and oxygen atoms in total. The highest BCUT2D eigenvalue weighted by molar-refractivity contribution is 5.76. The summed E-state index contributed by atoms with van der Waals surface area (Å²) in [5.74, 6) is -0.637. The fourth-order valence-electron chi connectivity index (χ4n) is 2.55. The van der Waals surface area contributed by atoms with E-state index in [1.54, 1.807) is 0 Å². The molecular weight excluding hydrogens is 262 g/mol. The number of carboxylic acids is 1. The molecule has 2 aliphatic rings. The van der Waals surface area contributed by atoms with Crippen LogP contribution in [-0.4, -0.2) is 85.3 Å². The lowest BCUT2D eigenvalue weighted by atomic mass is 10.2. The molecule has 2 rings (SSSR count). The first-order valence-corrected chi connectivity index (χ1v) is 7.19. The fourth-order valence-corrected chi connectivity index (χ4v) is 2.55. The first-order valence-electron chi connectivity index (χ1n) is 7.19. The molecule has 0 saturated carbocycles. The van der Waals surface area contributed by atoms with Crippen molar-refractivity contribution in [3.63, 3.8) is 0 Å². The monoisotopic (exact) mass is 285 g/mol. The van der Waals surface area contributed by atoms with Crippen molar-refractivity contribution in [2.75, 3.05) is 52.4 Å². The van der Waals surface area contributed by atoms with Gasteiger partial charge in [0.05, 0.1) is 25.6 Å². The fraction of sp³-hybridized carbons (Fsp3) is 0.846. The Morgan fingerprint density at radius 1 is 1.25 bits per heavy atom. The Morgan fingerprint density at radius 2 is 2.00 bits per heavy atom. The summed E-state index contributed by atoms with van der Waals surface area (Å²) in [6.45, 7) is 5.69. The van der Waals surface area contributed by atoms with Gasteiger partial charge in [0.2, 0.25) is 5.91 Å². The minimum absolute atomic E-state index is 0.0127. The zero-order valence-corrected chi connectivity index (χ0v) is 11.7. The van der Waals surface area contributed by atoms with Gasteiger partial charge in [-0.3, -0.25) is 14.5 Å². The maximum atomic E-state index is 12.1. The first kappa shape index (κ1) is 15.2. The quantitative estimate of drug-likeness (QED) is 0.673. The number of carboxylic acid groups (broad SMARTS) is 1. The van der Waals surface area contributed by atoms with Gasteiger partial charge < -0.3 is 20.1 Å². The molecule has 114 valence electrons. The third-order valence-electron chi connectivity index (χ3n) is 3.77.